The van der Waals surface area contributed by atoms with E-state index >= 15 is 0 Å². The zero-order chi connectivity index (χ0) is 30.8. The number of benzene rings is 2. The Balaban J connectivity index is 0.000000259. The third kappa shape index (κ3) is 6.80. The summed E-state index contributed by atoms with van der Waals surface area (Å²) in [4.78, 5) is 15.5. The van der Waals surface area contributed by atoms with Crippen LogP contribution in [0.4, 0.5) is 0 Å². The molecule has 1 amide bonds. The van der Waals surface area contributed by atoms with Crippen molar-refractivity contribution < 1.29 is 19.0 Å². The summed E-state index contributed by atoms with van der Waals surface area (Å²) in [5.74, 6) is 2.14. The average Bonchev–Trinajstić information content (AvgIpc) is 2.96. The summed E-state index contributed by atoms with van der Waals surface area (Å²) in [6, 6.07) is 15.9. The second-order valence-electron chi connectivity index (χ2n) is 14.6. The first-order chi connectivity index (χ1) is 20.5. The molecular formula is C36H49N3O4. The fourth-order valence-corrected chi connectivity index (χ4v) is 8.45. The number of hydrogen-bond acceptors (Lipinski definition) is 6. The second kappa shape index (κ2) is 12.4. The molecule has 0 bridgehead atoms. The topological polar surface area (TPSA) is 83.8 Å². The van der Waals surface area contributed by atoms with Crippen LogP contribution in [0.3, 0.4) is 0 Å². The number of nitrogens with one attached hydrogen (secondary N) is 1. The summed E-state index contributed by atoms with van der Waals surface area (Å²) in [5.41, 5.74) is 2.09. The lowest BCUT2D eigenvalue weighted by atomic mass is 9.52. The first kappa shape index (κ1) is 31.2. The lowest BCUT2D eigenvalue weighted by Crippen LogP contribution is -2.66. The number of nitrogens with zero attached hydrogens (tertiary/aromatic N) is 2. The Kier molecular flexibility index (Phi) is 9.00. The van der Waals surface area contributed by atoms with Crippen molar-refractivity contribution in [1.29, 1.82) is 5.26 Å². The van der Waals surface area contributed by atoms with Gasteiger partial charge in [-0.2, -0.15) is 5.26 Å². The van der Waals surface area contributed by atoms with Gasteiger partial charge >= 0.3 is 0 Å². The fraction of sp³-hybridized carbons (Fsp3) is 0.611. The second-order valence-corrected chi connectivity index (χ2v) is 14.6. The number of carbonyl (C=O) groups excluding carboxylic acids is 1. The van der Waals surface area contributed by atoms with Gasteiger partial charge in [0.25, 0.3) is 5.91 Å². The average molecular weight is 588 g/mol. The van der Waals surface area contributed by atoms with E-state index in [1.165, 1.54) is 65.1 Å². The SMILES string of the molecule is CC1(C)CC(C)(C)C1NC(=O)c1ccc(OC2CC3(C2)CN(C2CCCCC2)C3)cc1.COc1ccc(C#N)c(OC)c1. The van der Waals surface area contributed by atoms with Crippen LogP contribution in [0.25, 0.3) is 0 Å². The largest absolute Gasteiger partial charge is 0.497 e. The molecule has 0 atom stereocenters. The van der Waals surface area contributed by atoms with Gasteiger partial charge in [-0.15, -0.1) is 0 Å². The predicted molar refractivity (Wildman–Crippen MR) is 169 cm³/mol. The number of likely N-dealkylation sites (tertiary alicyclic amines) is 1. The molecule has 1 spiro atoms. The Hall–Kier alpha value is -3.24. The van der Waals surface area contributed by atoms with E-state index in [4.69, 9.17) is 19.5 Å². The molecule has 1 aliphatic heterocycles. The maximum atomic E-state index is 12.8. The molecule has 1 saturated heterocycles. The van der Waals surface area contributed by atoms with Crippen molar-refractivity contribution in [2.24, 2.45) is 16.2 Å². The summed E-state index contributed by atoms with van der Waals surface area (Å²) < 4.78 is 16.2. The first-order valence-corrected chi connectivity index (χ1v) is 15.9. The highest BCUT2D eigenvalue weighted by molar-refractivity contribution is 5.94. The Labute approximate surface area is 257 Å². The number of carbonyl (C=O) groups is 1. The van der Waals surface area contributed by atoms with Crippen LogP contribution >= 0.6 is 0 Å². The van der Waals surface area contributed by atoms with Crippen molar-refractivity contribution in [3.8, 4) is 23.3 Å². The van der Waals surface area contributed by atoms with Crippen LogP contribution in [0.15, 0.2) is 42.5 Å². The molecule has 0 aromatic heterocycles. The van der Waals surface area contributed by atoms with Gasteiger partial charge in [-0.05, 0) is 79.3 Å². The van der Waals surface area contributed by atoms with E-state index in [1.807, 2.05) is 30.3 Å². The van der Waals surface area contributed by atoms with Crippen molar-refractivity contribution in [2.75, 3.05) is 27.3 Å². The summed E-state index contributed by atoms with van der Waals surface area (Å²) in [6.07, 6.45) is 10.9. The van der Waals surface area contributed by atoms with Crippen molar-refractivity contribution in [1.82, 2.24) is 10.2 Å². The third-order valence-corrected chi connectivity index (χ3v) is 10.2. The molecule has 7 heteroatoms. The van der Waals surface area contributed by atoms with Gasteiger partial charge in [-0.1, -0.05) is 47.0 Å². The monoisotopic (exact) mass is 587 g/mol. The number of amides is 1. The molecule has 4 aliphatic rings. The standard InChI is InChI=1S/C27H40N2O2.C9H9NO2/c1-25(2)16-26(3,4)24(25)28-23(30)19-10-12-21(13-11-19)31-22-14-27(15-22)17-29(18-27)20-8-6-5-7-9-20;1-11-8-4-3-7(6-10)9(5-8)12-2/h10-13,20,22,24H,5-9,14-18H2,1-4H3,(H,28,30);3-5H,1-2H3. The van der Waals surface area contributed by atoms with Gasteiger partial charge < -0.3 is 19.5 Å². The minimum atomic E-state index is 0.0252. The van der Waals surface area contributed by atoms with Crippen molar-refractivity contribution in [3.05, 3.63) is 53.6 Å². The molecule has 0 unspecified atom stereocenters. The van der Waals surface area contributed by atoms with Gasteiger partial charge in [-0.25, -0.2) is 0 Å². The molecule has 4 fully saturated rings. The van der Waals surface area contributed by atoms with Crippen LogP contribution in [0.5, 0.6) is 17.2 Å². The molecule has 3 saturated carbocycles. The molecule has 1 heterocycles. The van der Waals surface area contributed by atoms with Gasteiger partial charge in [0.15, 0.2) is 0 Å². The number of ether oxygens (including phenoxy) is 3. The summed E-state index contributed by atoms with van der Waals surface area (Å²) in [6.45, 7) is 11.5. The molecule has 2 aromatic rings. The highest BCUT2D eigenvalue weighted by atomic mass is 16.5. The quantitative estimate of drug-likeness (QED) is 0.376. The Morgan fingerprint density at radius 3 is 2.09 bits per heavy atom. The van der Waals surface area contributed by atoms with E-state index in [-0.39, 0.29) is 22.8 Å². The van der Waals surface area contributed by atoms with Crippen molar-refractivity contribution >= 4 is 5.91 Å². The molecule has 1 N–H and O–H groups in total. The van der Waals surface area contributed by atoms with E-state index in [1.54, 1.807) is 25.3 Å². The summed E-state index contributed by atoms with van der Waals surface area (Å²) in [5, 5.41) is 11.9. The molecule has 6 rings (SSSR count). The minimum Gasteiger partial charge on any atom is -0.497 e. The predicted octanol–water partition coefficient (Wildman–Crippen LogP) is 6.99. The van der Waals surface area contributed by atoms with Gasteiger partial charge in [0.05, 0.1) is 25.9 Å². The molecule has 2 aromatic carbocycles. The van der Waals surface area contributed by atoms with Crippen molar-refractivity contribution in [3.63, 3.8) is 0 Å². The van der Waals surface area contributed by atoms with Crippen LogP contribution in [0.2, 0.25) is 0 Å². The first-order valence-electron chi connectivity index (χ1n) is 15.9. The molecule has 3 aliphatic carbocycles. The summed E-state index contributed by atoms with van der Waals surface area (Å²) in [7, 11) is 3.09. The lowest BCUT2D eigenvalue weighted by molar-refractivity contribution is -0.137. The van der Waals surface area contributed by atoms with Gasteiger partial charge in [0, 0.05) is 42.2 Å². The fourth-order valence-electron chi connectivity index (χ4n) is 8.45. The summed E-state index contributed by atoms with van der Waals surface area (Å²) >= 11 is 0. The van der Waals surface area contributed by atoms with Crippen LogP contribution < -0.4 is 19.5 Å². The smallest absolute Gasteiger partial charge is 0.251 e. The highest BCUT2D eigenvalue weighted by Crippen LogP contribution is 2.54. The molecule has 0 radical (unpaired) electrons. The number of rotatable bonds is 7. The van der Waals surface area contributed by atoms with E-state index < -0.39 is 0 Å². The van der Waals surface area contributed by atoms with Gasteiger partial charge in [0.1, 0.15) is 23.3 Å². The minimum absolute atomic E-state index is 0.0252. The Morgan fingerprint density at radius 2 is 1.53 bits per heavy atom. The van der Waals surface area contributed by atoms with Gasteiger partial charge in [0.2, 0.25) is 0 Å². The maximum absolute atomic E-state index is 12.8. The molecule has 43 heavy (non-hydrogen) atoms. The number of methoxy groups -OCH3 is 2. The van der Waals surface area contributed by atoms with E-state index in [0.717, 1.165) is 23.8 Å². The van der Waals surface area contributed by atoms with Crippen LogP contribution in [0.1, 0.15) is 95.0 Å². The molecular weight excluding hydrogens is 538 g/mol. The zero-order valence-electron chi connectivity index (χ0n) is 26.9. The third-order valence-electron chi connectivity index (χ3n) is 10.2. The maximum Gasteiger partial charge on any atom is 0.251 e. The van der Waals surface area contributed by atoms with Gasteiger partial charge in [-0.3, -0.25) is 9.69 Å². The van der Waals surface area contributed by atoms with Crippen LogP contribution in [-0.4, -0.2) is 56.3 Å². The molecule has 7 nitrogen and oxygen atoms in total. The van der Waals surface area contributed by atoms with E-state index in [9.17, 15) is 4.79 Å². The normalized spacial score (nSPS) is 23.7. The molecule has 232 valence electrons. The lowest BCUT2D eigenvalue weighted by Gasteiger charge is -2.61. The van der Waals surface area contributed by atoms with E-state index in [0.29, 0.717) is 28.6 Å². The highest BCUT2D eigenvalue weighted by Gasteiger charge is 2.55. The van der Waals surface area contributed by atoms with Crippen LogP contribution in [0, 0.1) is 27.6 Å². The zero-order valence-corrected chi connectivity index (χ0v) is 26.9. The van der Waals surface area contributed by atoms with Crippen molar-refractivity contribution in [2.45, 2.75) is 97.2 Å². The Morgan fingerprint density at radius 1 is 0.907 bits per heavy atom. The van der Waals surface area contributed by atoms with Crippen LogP contribution in [-0.2, 0) is 0 Å². The number of nitriles is 1. The Bertz CT molecular complexity index is 1290. The number of hydrogen-bond donors (Lipinski definition) is 1. The van der Waals surface area contributed by atoms with E-state index in [2.05, 4.69) is 37.9 Å².